The fraction of sp³-hybridized carbons (Fsp3) is 0.615. The number of rotatable bonds is 0. The number of nitrogens with zero attached hydrogens (tertiary/aromatic N) is 2. The second-order valence-electron chi connectivity index (χ2n) is 4.93. The summed E-state index contributed by atoms with van der Waals surface area (Å²) in [6.07, 6.45) is 3.50. The summed E-state index contributed by atoms with van der Waals surface area (Å²) in [5.41, 5.74) is 0.0206. The summed E-state index contributed by atoms with van der Waals surface area (Å²) in [7, 11) is 2.11. The summed E-state index contributed by atoms with van der Waals surface area (Å²) in [6.45, 7) is 8.39. The monoisotopic (exact) mass is 255 g/mol. The maximum absolute atomic E-state index is 6.31. The molecule has 2 rings (SSSR count). The summed E-state index contributed by atoms with van der Waals surface area (Å²) in [5.74, 6) is 0. The summed E-state index contributed by atoms with van der Waals surface area (Å²) >= 11 is 6.31. The Kier molecular flexibility index (Phi) is 4.92. The molecular formula is C13H22ClN3. The molecule has 1 aliphatic rings. The van der Waals surface area contributed by atoms with Gasteiger partial charge in [-0.05, 0) is 40.0 Å². The van der Waals surface area contributed by atoms with E-state index in [-0.39, 0.29) is 10.5 Å². The highest BCUT2D eigenvalue weighted by Gasteiger charge is 2.44. The van der Waals surface area contributed by atoms with E-state index in [0.717, 1.165) is 13.1 Å². The van der Waals surface area contributed by atoms with Gasteiger partial charge in [-0.1, -0.05) is 6.07 Å². The minimum Gasteiger partial charge on any atom is -0.297 e. The third-order valence-electron chi connectivity index (χ3n) is 3.57. The topological polar surface area (TPSA) is 28.2 Å². The SMILES string of the molecule is CN1CCNC(C)(Cl)C1(C)C.c1ccncc1. The van der Waals surface area contributed by atoms with Crippen molar-refractivity contribution in [1.29, 1.82) is 0 Å². The van der Waals surface area contributed by atoms with Crippen molar-refractivity contribution in [2.45, 2.75) is 31.3 Å². The zero-order valence-electron chi connectivity index (χ0n) is 11.1. The second-order valence-corrected chi connectivity index (χ2v) is 5.69. The molecule has 0 aromatic carbocycles. The number of nitrogens with one attached hydrogen (secondary N) is 1. The molecule has 0 spiro atoms. The van der Waals surface area contributed by atoms with E-state index >= 15 is 0 Å². The lowest BCUT2D eigenvalue weighted by molar-refractivity contribution is 0.0613. The molecule has 1 atom stereocenters. The van der Waals surface area contributed by atoms with E-state index in [4.69, 9.17) is 11.6 Å². The number of piperazine rings is 1. The number of likely N-dealkylation sites (N-methyl/N-ethyl adjacent to an activating group) is 1. The first kappa shape index (κ1) is 14.4. The molecule has 96 valence electrons. The quantitative estimate of drug-likeness (QED) is 0.570. The smallest absolute Gasteiger partial charge is 0.109 e. The molecule has 0 saturated carbocycles. The maximum atomic E-state index is 6.31. The van der Waals surface area contributed by atoms with Crippen molar-refractivity contribution in [3.05, 3.63) is 30.6 Å². The van der Waals surface area contributed by atoms with Gasteiger partial charge in [0.15, 0.2) is 0 Å². The Morgan fingerprint density at radius 3 is 2.06 bits per heavy atom. The van der Waals surface area contributed by atoms with E-state index in [9.17, 15) is 0 Å². The van der Waals surface area contributed by atoms with Gasteiger partial charge >= 0.3 is 0 Å². The highest BCUT2D eigenvalue weighted by Crippen LogP contribution is 2.32. The molecule has 0 aliphatic carbocycles. The van der Waals surface area contributed by atoms with E-state index in [0.29, 0.717) is 0 Å². The molecule has 1 unspecified atom stereocenters. The van der Waals surface area contributed by atoms with Gasteiger partial charge in [-0.2, -0.15) is 0 Å². The van der Waals surface area contributed by atoms with E-state index in [1.807, 2.05) is 25.1 Å². The number of aromatic nitrogens is 1. The van der Waals surface area contributed by atoms with Gasteiger partial charge in [0.2, 0.25) is 0 Å². The first-order valence-electron chi connectivity index (χ1n) is 5.88. The molecule has 1 aromatic heterocycles. The van der Waals surface area contributed by atoms with Crippen LogP contribution >= 0.6 is 11.6 Å². The van der Waals surface area contributed by atoms with Crippen LogP contribution in [0.3, 0.4) is 0 Å². The Morgan fingerprint density at radius 2 is 1.76 bits per heavy atom. The summed E-state index contributed by atoms with van der Waals surface area (Å²) in [4.78, 5) is 5.77. The molecule has 1 N–H and O–H groups in total. The van der Waals surface area contributed by atoms with Crippen molar-refractivity contribution < 1.29 is 0 Å². The molecule has 2 heterocycles. The van der Waals surface area contributed by atoms with Gasteiger partial charge in [-0.25, -0.2) is 0 Å². The minimum absolute atomic E-state index is 0.0206. The van der Waals surface area contributed by atoms with Crippen LogP contribution in [0.4, 0.5) is 0 Å². The Bertz CT molecular complexity index is 298. The van der Waals surface area contributed by atoms with Crippen LogP contribution in [-0.4, -0.2) is 40.6 Å². The van der Waals surface area contributed by atoms with E-state index < -0.39 is 0 Å². The predicted molar refractivity (Wildman–Crippen MR) is 73.2 cm³/mol. The van der Waals surface area contributed by atoms with Crippen molar-refractivity contribution in [3.8, 4) is 0 Å². The summed E-state index contributed by atoms with van der Waals surface area (Å²) < 4.78 is 0. The number of hydrogen-bond donors (Lipinski definition) is 1. The van der Waals surface area contributed by atoms with Gasteiger partial charge < -0.3 is 0 Å². The molecule has 1 fully saturated rings. The van der Waals surface area contributed by atoms with Crippen LogP contribution in [-0.2, 0) is 0 Å². The summed E-state index contributed by atoms with van der Waals surface area (Å²) in [6, 6.07) is 5.72. The Hall–Kier alpha value is -0.640. The average Bonchev–Trinajstić information content (AvgIpc) is 2.30. The minimum atomic E-state index is -0.306. The zero-order chi connectivity index (χ0) is 12.9. The normalized spacial score (nSPS) is 28.1. The Morgan fingerprint density at radius 1 is 1.18 bits per heavy atom. The van der Waals surface area contributed by atoms with Gasteiger partial charge in [-0.3, -0.25) is 15.2 Å². The fourth-order valence-electron chi connectivity index (χ4n) is 1.63. The van der Waals surface area contributed by atoms with Crippen LogP contribution in [0.25, 0.3) is 0 Å². The third-order valence-corrected chi connectivity index (χ3v) is 4.17. The van der Waals surface area contributed by atoms with Crippen molar-refractivity contribution in [2.24, 2.45) is 0 Å². The van der Waals surface area contributed by atoms with Crippen LogP contribution < -0.4 is 5.32 Å². The summed E-state index contributed by atoms with van der Waals surface area (Å²) in [5, 5.41) is 3.30. The molecule has 0 radical (unpaired) electrons. The van der Waals surface area contributed by atoms with Crippen LogP contribution in [0, 0.1) is 0 Å². The Balaban J connectivity index is 0.000000202. The molecule has 0 bridgehead atoms. The van der Waals surface area contributed by atoms with Crippen molar-refractivity contribution >= 4 is 11.6 Å². The van der Waals surface area contributed by atoms with E-state index in [2.05, 4.69) is 36.1 Å². The number of alkyl halides is 1. The van der Waals surface area contributed by atoms with Gasteiger partial charge in [0.1, 0.15) is 5.00 Å². The molecule has 17 heavy (non-hydrogen) atoms. The van der Waals surface area contributed by atoms with Crippen LogP contribution in [0.1, 0.15) is 20.8 Å². The number of halogens is 1. The molecule has 3 nitrogen and oxygen atoms in total. The first-order chi connectivity index (χ1) is 7.88. The first-order valence-corrected chi connectivity index (χ1v) is 6.26. The Labute approximate surface area is 109 Å². The van der Waals surface area contributed by atoms with E-state index in [1.54, 1.807) is 12.4 Å². The van der Waals surface area contributed by atoms with Crippen molar-refractivity contribution in [2.75, 3.05) is 20.1 Å². The molecular weight excluding hydrogens is 234 g/mol. The van der Waals surface area contributed by atoms with Crippen LogP contribution in [0.15, 0.2) is 30.6 Å². The molecule has 0 amide bonds. The number of pyridine rings is 1. The third kappa shape index (κ3) is 3.66. The van der Waals surface area contributed by atoms with Gasteiger partial charge in [-0.15, -0.1) is 11.6 Å². The van der Waals surface area contributed by atoms with Gasteiger partial charge in [0.25, 0.3) is 0 Å². The zero-order valence-corrected chi connectivity index (χ0v) is 11.8. The van der Waals surface area contributed by atoms with Crippen LogP contribution in [0.5, 0.6) is 0 Å². The largest absolute Gasteiger partial charge is 0.297 e. The van der Waals surface area contributed by atoms with Crippen molar-refractivity contribution in [1.82, 2.24) is 15.2 Å². The van der Waals surface area contributed by atoms with Crippen molar-refractivity contribution in [3.63, 3.8) is 0 Å². The average molecular weight is 256 g/mol. The lowest BCUT2D eigenvalue weighted by atomic mass is 9.91. The highest BCUT2D eigenvalue weighted by atomic mass is 35.5. The number of hydrogen-bond acceptors (Lipinski definition) is 3. The lowest BCUT2D eigenvalue weighted by Crippen LogP contribution is -2.67. The lowest BCUT2D eigenvalue weighted by Gasteiger charge is -2.50. The predicted octanol–water partition coefficient (Wildman–Crippen LogP) is 2.34. The highest BCUT2D eigenvalue weighted by molar-refractivity contribution is 6.24. The molecule has 1 aliphatic heterocycles. The molecule has 1 saturated heterocycles. The van der Waals surface area contributed by atoms with E-state index in [1.165, 1.54) is 0 Å². The molecule has 4 heteroatoms. The van der Waals surface area contributed by atoms with Gasteiger partial charge in [0.05, 0.1) is 0 Å². The fourth-order valence-corrected chi connectivity index (χ4v) is 1.86. The maximum Gasteiger partial charge on any atom is 0.109 e. The van der Waals surface area contributed by atoms with Gasteiger partial charge in [0, 0.05) is 31.0 Å². The second kappa shape index (κ2) is 5.80. The van der Waals surface area contributed by atoms with Crippen LogP contribution in [0.2, 0.25) is 0 Å². The molecule has 1 aromatic rings. The standard InChI is InChI=1S/C8H17ClN2.C5H5N/c1-7(2)8(3,9)10-5-6-11(7)4;1-2-4-6-5-3-1/h10H,5-6H2,1-4H3;1-5H.